The zero-order chi connectivity index (χ0) is 26.0. The number of carbonyl (C=O) groups excluding carboxylic acids is 1. The molecule has 1 aromatic carbocycles. The molecule has 0 N–H and O–H groups in total. The first kappa shape index (κ1) is 27.7. The van der Waals surface area contributed by atoms with Crippen molar-refractivity contribution < 1.29 is 23.2 Å². The standard InChI is InChI=1S/C25H39BFN3O4S/c1-9-25(6,7)34-26(32-10-2)17-15-19(27)21-20(16-17)35-22(28-21)29(8)18-11-13-30(14-12-18)23(31)33-24(3,4)5/h15-16,18H,9-14H2,1-8H3. The molecule has 2 aromatic rings. The summed E-state index contributed by atoms with van der Waals surface area (Å²) < 4.78 is 33.4. The summed E-state index contributed by atoms with van der Waals surface area (Å²) in [6, 6.07) is 3.60. The summed E-state index contributed by atoms with van der Waals surface area (Å²) >= 11 is 1.46. The Morgan fingerprint density at radius 2 is 1.89 bits per heavy atom. The van der Waals surface area contributed by atoms with Gasteiger partial charge in [-0.2, -0.15) is 0 Å². The van der Waals surface area contributed by atoms with Gasteiger partial charge in [-0.25, -0.2) is 14.2 Å². The van der Waals surface area contributed by atoms with E-state index in [1.807, 2.05) is 54.7 Å². The van der Waals surface area contributed by atoms with Crippen LogP contribution < -0.4 is 10.4 Å². The third-order valence-corrected chi connectivity index (χ3v) is 7.39. The molecule has 0 saturated carbocycles. The van der Waals surface area contributed by atoms with E-state index in [4.69, 9.17) is 14.0 Å². The lowest BCUT2D eigenvalue weighted by Gasteiger charge is -2.37. The number of hydrogen-bond acceptors (Lipinski definition) is 7. The number of piperidine rings is 1. The van der Waals surface area contributed by atoms with E-state index in [0.717, 1.165) is 29.1 Å². The average Bonchev–Trinajstić information content (AvgIpc) is 3.22. The molecule has 7 nitrogen and oxygen atoms in total. The molecule has 35 heavy (non-hydrogen) atoms. The van der Waals surface area contributed by atoms with Crippen LogP contribution in [0.1, 0.15) is 67.7 Å². The number of carbonyl (C=O) groups is 1. The van der Waals surface area contributed by atoms with Crippen LogP contribution in [0.4, 0.5) is 14.3 Å². The number of thiazole rings is 1. The van der Waals surface area contributed by atoms with Gasteiger partial charge in [0.25, 0.3) is 0 Å². The minimum atomic E-state index is -0.644. The van der Waals surface area contributed by atoms with Gasteiger partial charge in [-0.1, -0.05) is 18.3 Å². The molecule has 0 radical (unpaired) electrons. The third-order valence-electron chi connectivity index (χ3n) is 6.29. The van der Waals surface area contributed by atoms with E-state index in [1.54, 1.807) is 4.90 Å². The van der Waals surface area contributed by atoms with Gasteiger partial charge in [-0.3, -0.25) is 0 Å². The molecular formula is C25H39BFN3O4S. The molecule has 1 aliphatic rings. The molecule has 10 heteroatoms. The van der Waals surface area contributed by atoms with E-state index in [1.165, 1.54) is 17.4 Å². The van der Waals surface area contributed by atoms with E-state index in [9.17, 15) is 4.79 Å². The predicted octanol–water partition coefficient (Wildman–Crippen LogP) is 5.21. The van der Waals surface area contributed by atoms with Gasteiger partial charge < -0.3 is 23.8 Å². The first-order valence-corrected chi connectivity index (χ1v) is 13.3. The van der Waals surface area contributed by atoms with Gasteiger partial charge in [-0.05, 0) is 78.4 Å². The monoisotopic (exact) mass is 507 g/mol. The molecular weight excluding hydrogens is 468 g/mol. The van der Waals surface area contributed by atoms with Gasteiger partial charge >= 0.3 is 13.2 Å². The number of rotatable bonds is 8. The molecule has 1 fully saturated rings. The van der Waals surface area contributed by atoms with Crippen molar-refractivity contribution in [3.05, 3.63) is 17.9 Å². The lowest BCUT2D eigenvalue weighted by atomic mass is 9.77. The van der Waals surface area contributed by atoms with Gasteiger partial charge in [0.05, 0.1) is 4.70 Å². The fourth-order valence-corrected chi connectivity index (χ4v) is 4.99. The maximum Gasteiger partial charge on any atom is 0.494 e. The number of halogens is 1. The minimum Gasteiger partial charge on any atom is -0.444 e. The van der Waals surface area contributed by atoms with Crippen LogP contribution in [0, 0.1) is 5.82 Å². The lowest BCUT2D eigenvalue weighted by molar-refractivity contribution is 0.0205. The van der Waals surface area contributed by atoms with Crippen molar-refractivity contribution in [1.29, 1.82) is 0 Å². The Labute approximate surface area is 213 Å². The summed E-state index contributed by atoms with van der Waals surface area (Å²) in [6.07, 6.45) is 2.13. The summed E-state index contributed by atoms with van der Waals surface area (Å²) in [7, 11) is 1.34. The number of amides is 1. The van der Waals surface area contributed by atoms with Crippen LogP contribution in [0.15, 0.2) is 12.1 Å². The highest BCUT2D eigenvalue weighted by molar-refractivity contribution is 7.22. The molecule has 1 saturated heterocycles. The summed E-state index contributed by atoms with van der Waals surface area (Å²) in [5.41, 5.74) is 0.116. The maximum absolute atomic E-state index is 15.1. The predicted molar refractivity (Wildman–Crippen MR) is 141 cm³/mol. The van der Waals surface area contributed by atoms with Crippen LogP contribution in [0.5, 0.6) is 0 Å². The van der Waals surface area contributed by atoms with Crippen molar-refractivity contribution in [2.75, 3.05) is 31.6 Å². The Bertz CT molecular complexity index is 1020. The van der Waals surface area contributed by atoms with Gasteiger partial charge in [0.15, 0.2) is 5.13 Å². The minimum absolute atomic E-state index is 0.210. The van der Waals surface area contributed by atoms with Gasteiger partial charge in [0.1, 0.15) is 16.9 Å². The van der Waals surface area contributed by atoms with Crippen LogP contribution in [-0.2, 0) is 14.0 Å². The largest absolute Gasteiger partial charge is 0.494 e. The number of nitrogens with zero attached hydrogens (tertiary/aromatic N) is 3. The van der Waals surface area contributed by atoms with Crippen LogP contribution in [0.3, 0.4) is 0 Å². The van der Waals surface area contributed by atoms with E-state index in [0.29, 0.717) is 30.7 Å². The van der Waals surface area contributed by atoms with Crippen molar-refractivity contribution in [2.24, 2.45) is 0 Å². The number of ether oxygens (including phenoxy) is 1. The van der Waals surface area contributed by atoms with Crippen molar-refractivity contribution in [2.45, 2.75) is 85.0 Å². The maximum atomic E-state index is 15.1. The van der Waals surface area contributed by atoms with E-state index in [-0.39, 0.29) is 18.0 Å². The number of likely N-dealkylation sites (tertiary alicyclic amines) is 1. The summed E-state index contributed by atoms with van der Waals surface area (Å²) in [4.78, 5) is 20.8. The molecule has 0 bridgehead atoms. The number of benzene rings is 1. The third kappa shape index (κ3) is 7.08. The molecule has 0 spiro atoms. The topological polar surface area (TPSA) is 64.1 Å². The Morgan fingerprint density at radius 3 is 2.46 bits per heavy atom. The fourth-order valence-electron chi connectivity index (χ4n) is 3.92. The second-order valence-electron chi connectivity index (χ2n) is 10.7. The second kappa shape index (κ2) is 11.0. The Balaban J connectivity index is 1.75. The Morgan fingerprint density at radius 1 is 1.23 bits per heavy atom. The summed E-state index contributed by atoms with van der Waals surface area (Å²) in [5.74, 6) is -0.379. The van der Waals surface area contributed by atoms with Crippen molar-refractivity contribution >= 4 is 45.4 Å². The first-order chi connectivity index (χ1) is 16.3. The van der Waals surface area contributed by atoms with Crippen LogP contribution in [0.2, 0.25) is 0 Å². The first-order valence-electron chi connectivity index (χ1n) is 12.4. The number of anilines is 1. The van der Waals surface area contributed by atoms with Crippen LogP contribution >= 0.6 is 11.3 Å². The highest BCUT2D eigenvalue weighted by Gasteiger charge is 2.32. The summed E-state index contributed by atoms with van der Waals surface area (Å²) in [6.45, 7) is 15.3. The van der Waals surface area contributed by atoms with E-state index < -0.39 is 18.3 Å². The highest BCUT2D eigenvalue weighted by Crippen LogP contribution is 2.32. The highest BCUT2D eigenvalue weighted by atomic mass is 32.1. The zero-order valence-electron chi connectivity index (χ0n) is 22.3. The molecule has 1 aliphatic heterocycles. The second-order valence-corrected chi connectivity index (χ2v) is 11.7. The summed E-state index contributed by atoms with van der Waals surface area (Å²) in [5, 5.41) is 0.759. The molecule has 0 unspecified atom stereocenters. The van der Waals surface area contributed by atoms with Crippen molar-refractivity contribution in [3.8, 4) is 0 Å². The van der Waals surface area contributed by atoms with Crippen LogP contribution in [-0.4, -0.2) is 67.1 Å². The Hall–Kier alpha value is -1.91. The normalized spacial score (nSPS) is 15.5. The Kier molecular flexibility index (Phi) is 8.71. The lowest BCUT2D eigenvalue weighted by Crippen LogP contribution is -2.47. The smallest absolute Gasteiger partial charge is 0.444 e. The van der Waals surface area contributed by atoms with Gasteiger partial charge in [0.2, 0.25) is 0 Å². The van der Waals surface area contributed by atoms with Crippen LogP contribution in [0.25, 0.3) is 10.2 Å². The molecule has 194 valence electrons. The van der Waals surface area contributed by atoms with E-state index >= 15 is 4.39 Å². The fraction of sp³-hybridized carbons (Fsp3) is 0.680. The van der Waals surface area contributed by atoms with Crippen molar-refractivity contribution in [3.63, 3.8) is 0 Å². The van der Waals surface area contributed by atoms with Gasteiger partial charge in [-0.15, -0.1) is 0 Å². The van der Waals surface area contributed by atoms with Crippen molar-refractivity contribution in [1.82, 2.24) is 9.88 Å². The van der Waals surface area contributed by atoms with E-state index in [2.05, 4.69) is 16.8 Å². The number of aromatic nitrogens is 1. The average molecular weight is 507 g/mol. The number of fused-ring (bicyclic) bond motifs is 1. The molecule has 0 atom stereocenters. The molecule has 1 amide bonds. The SMILES string of the molecule is CCOB(OC(C)(C)CC)c1cc(F)c2nc(N(C)C3CCN(C(=O)OC(C)(C)C)CC3)sc2c1. The molecule has 2 heterocycles. The molecule has 3 rings (SSSR count). The van der Waals surface area contributed by atoms with Gasteiger partial charge in [0, 0.05) is 38.4 Å². The molecule has 0 aliphatic carbocycles. The number of hydrogen-bond donors (Lipinski definition) is 0. The zero-order valence-corrected chi connectivity index (χ0v) is 23.1. The molecule has 1 aromatic heterocycles. The quantitative estimate of drug-likeness (QED) is 0.458.